The van der Waals surface area contributed by atoms with E-state index in [1.807, 2.05) is 16.7 Å². The minimum atomic E-state index is 0.127. The lowest BCUT2D eigenvalue weighted by molar-refractivity contribution is 0.0777. The van der Waals surface area contributed by atoms with Crippen LogP contribution in [0.15, 0.2) is 12.1 Å². The molecule has 14 heavy (non-hydrogen) atoms. The first-order valence-electron chi connectivity index (χ1n) is 4.40. The third kappa shape index (κ3) is 2.24. The second-order valence-corrected chi connectivity index (χ2v) is 5.95. The van der Waals surface area contributed by atoms with Crippen molar-refractivity contribution in [2.45, 2.75) is 0 Å². The molecule has 0 spiro atoms. The fourth-order valence-electron chi connectivity index (χ4n) is 1.35. The third-order valence-electron chi connectivity index (χ3n) is 2.08. The van der Waals surface area contributed by atoms with Crippen LogP contribution in [0.4, 0.5) is 0 Å². The van der Waals surface area contributed by atoms with E-state index in [9.17, 15) is 4.79 Å². The molecule has 2 nitrogen and oxygen atoms in total. The fraction of sp³-hybridized carbons (Fsp3) is 0.444. The SMILES string of the molecule is O=C(c1ccc(Cl)s1)N1CCSCC1. The Morgan fingerprint density at radius 1 is 1.36 bits per heavy atom. The maximum absolute atomic E-state index is 11.9. The summed E-state index contributed by atoms with van der Waals surface area (Å²) in [6.07, 6.45) is 0. The van der Waals surface area contributed by atoms with Gasteiger partial charge in [-0.3, -0.25) is 4.79 Å². The van der Waals surface area contributed by atoms with Crippen LogP contribution < -0.4 is 0 Å². The highest BCUT2D eigenvalue weighted by Crippen LogP contribution is 2.23. The van der Waals surface area contributed by atoms with E-state index in [0.29, 0.717) is 4.34 Å². The van der Waals surface area contributed by atoms with Gasteiger partial charge in [-0.25, -0.2) is 0 Å². The van der Waals surface area contributed by atoms with Crippen LogP contribution in [-0.4, -0.2) is 35.4 Å². The van der Waals surface area contributed by atoms with Gasteiger partial charge in [-0.05, 0) is 12.1 Å². The van der Waals surface area contributed by atoms with Crippen molar-refractivity contribution in [2.75, 3.05) is 24.6 Å². The number of hydrogen-bond donors (Lipinski definition) is 0. The Morgan fingerprint density at radius 2 is 2.07 bits per heavy atom. The number of carbonyl (C=O) groups excluding carboxylic acids is 1. The van der Waals surface area contributed by atoms with Crippen molar-refractivity contribution in [1.82, 2.24) is 4.90 Å². The number of rotatable bonds is 1. The number of thiophene rings is 1. The van der Waals surface area contributed by atoms with Crippen LogP contribution >= 0.6 is 34.7 Å². The summed E-state index contributed by atoms with van der Waals surface area (Å²) in [6.45, 7) is 1.72. The lowest BCUT2D eigenvalue weighted by atomic mass is 10.4. The topological polar surface area (TPSA) is 20.3 Å². The number of hydrogen-bond acceptors (Lipinski definition) is 3. The molecular weight excluding hydrogens is 238 g/mol. The summed E-state index contributed by atoms with van der Waals surface area (Å²) in [5, 5.41) is 0. The van der Waals surface area contributed by atoms with Gasteiger partial charge in [-0.15, -0.1) is 11.3 Å². The second kappa shape index (κ2) is 4.55. The maximum Gasteiger partial charge on any atom is 0.264 e. The van der Waals surface area contributed by atoms with Crippen LogP contribution in [-0.2, 0) is 0 Å². The Balaban J connectivity index is 2.07. The van der Waals surface area contributed by atoms with Crippen molar-refractivity contribution in [3.8, 4) is 0 Å². The van der Waals surface area contributed by atoms with Crippen LogP contribution in [0.25, 0.3) is 0 Å². The molecule has 5 heteroatoms. The minimum absolute atomic E-state index is 0.127. The molecule has 0 atom stereocenters. The third-order valence-corrected chi connectivity index (χ3v) is 4.24. The quantitative estimate of drug-likeness (QED) is 0.760. The first kappa shape index (κ1) is 10.3. The zero-order valence-corrected chi connectivity index (χ0v) is 9.92. The van der Waals surface area contributed by atoms with E-state index >= 15 is 0 Å². The van der Waals surface area contributed by atoms with Crippen molar-refractivity contribution in [3.05, 3.63) is 21.3 Å². The first-order chi connectivity index (χ1) is 6.77. The molecule has 1 saturated heterocycles. The monoisotopic (exact) mass is 247 g/mol. The first-order valence-corrected chi connectivity index (χ1v) is 6.74. The molecule has 2 heterocycles. The summed E-state index contributed by atoms with van der Waals surface area (Å²) < 4.78 is 0.680. The van der Waals surface area contributed by atoms with E-state index in [4.69, 9.17) is 11.6 Å². The molecule has 1 aromatic rings. The lowest BCUT2D eigenvalue weighted by Crippen LogP contribution is -2.37. The van der Waals surface area contributed by atoms with Gasteiger partial charge in [0.2, 0.25) is 0 Å². The van der Waals surface area contributed by atoms with Gasteiger partial charge in [0.15, 0.2) is 0 Å². The highest BCUT2D eigenvalue weighted by Gasteiger charge is 2.19. The molecule has 0 N–H and O–H groups in total. The average Bonchev–Trinajstić information content (AvgIpc) is 2.65. The van der Waals surface area contributed by atoms with Gasteiger partial charge in [-0.1, -0.05) is 11.6 Å². The fourth-order valence-corrected chi connectivity index (χ4v) is 3.27. The van der Waals surface area contributed by atoms with Crippen LogP contribution in [0.3, 0.4) is 0 Å². The van der Waals surface area contributed by atoms with Crippen LogP contribution in [0, 0.1) is 0 Å². The lowest BCUT2D eigenvalue weighted by Gasteiger charge is -2.25. The molecule has 1 amide bonds. The Bertz CT molecular complexity index is 333. The van der Waals surface area contributed by atoms with Crippen molar-refractivity contribution < 1.29 is 4.79 Å². The smallest absolute Gasteiger partial charge is 0.264 e. The molecule has 1 fully saturated rings. The molecule has 1 aliphatic heterocycles. The van der Waals surface area contributed by atoms with Crippen LogP contribution in [0.5, 0.6) is 0 Å². The molecule has 1 aromatic heterocycles. The molecular formula is C9H10ClNOS2. The molecule has 0 unspecified atom stereocenters. The summed E-state index contributed by atoms with van der Waals surface area (Å²) in [7, 11) is 0. The van der Waals surface area contributed by atoms with Crippen LogP contribution in [0.1, 0.15) is 9.67 Å². The highest BCUT2D eigenvalue weighted by molar-refractivity contribution is 7.99. The predicted octanol–water partition coefficient (Wildman–Crippen LogP) is 2.59. The van der Waals surface area contributed by atoms with E-state index < -0.39 is 0 Å². The second-order valence-electron chi connectivity index (χ2n) is 3.01. The summed E-state index contributed by atoms with van der Waals surface area (Å²) >= 11 is 9.04. The van der Waals surface area contributed by atoms with E-state index in [2.05, 4.69) is 0 Å². The van der Waals surface area contributed by atoms with Gasteiger partial charge in [0.25, 0.3) is 5.91 Å². The number of thioether (sulfide) groups is 1. The summed E-state index contributed by atoms with van der Waals surface area (Å²) in [6, 6.07) is 3.58. The van der Waals surface area contributed by atoms with E-state index in [1.165, 1.54) is 11.3 Å². The zero-order chi connectivity index (χ0) is 9.97. The Labute approximate surface area is 96.2 Å². The van der Waals surface area contributed by atoms with E-state index in [0.717, 1.165) is 29.5 Å². The summed E-state index contributed by atoms with van der Waals surface area (Å²) in [4.78, 5) is 14.5. The van der Waals surface area contributed by atoms with Gasteiger partial charge in [0, 0.05) is 24.6 Å². The van der Waals surface area contributed by atoms with E-state index in [1.54, 1.807) is 12.1 Å². The van der Waals surface area contributed by atoms with Crippen molar-refractivity contribution >= 4 is 40.6 Å². The van der Waals surface area contributed by atoms with Crippen LogP contribution in [0.2, 0.25) is 4.34 Å². The molecule has 2 rings (SSSR count). The van der Waals surface area contributed by atoms with Gasteiger partial charge >= 0.3 is 0 Å². The average molecular weight is 248 g/mol. The highest BCUT2D eigenvalue weighted by atomic mass is 35.5. The largest absolute Gasteiger partial charge is 0.336 e. The zero-order valence-electron chi connectivity index (χ0n) is 7.53. The molecule has 0 saturated carbocycles. The number of amides is 1. The van der Waals surface area contributed by atoms with Crippen molar-refractivity contribution in [1.29, 1.82) is 0 Å². The van der Waals surface area contributed by atoms with Gasteiger partial charge in [0.1, 0.15) is 0 Å². The normalized spacial score (nSPS) is 17.1. The van der Waals surface area contributed by atoms with Gasteiger partial charge in [-0.2, -0.15) is 11.8 Å². The molecule has 1 aliphatic rings. The molecule has 0 aliphatic carbocycles. The Hall–Kier alpha value is -0.190. The minimum Gasteiger partial charge on any atom is -0.336 e. The Kier molecular flexibility index (Phi) is 3.36. The number of halogens is 1. The van der Waals surface area contributed by atoms with Crippen molar-refractivity contribution in [3.63, 3.8) is 0 Å². The van der Waals surface area contributed by atoms with Crippen molar-refractivity contribution in [2.24, 2.45) is 0 Å². The van der Waals surface area contributed by atoms with Gasteiger partial charge < -0.3 is 4.90 Å². The summed E-state index contributed by atoms with van der Waals surface area (Å²) in [5.41, 5.74) is 0. The van der Waals surface area contributed by atoms with Gasteiger partial charge in [0.05, 0.1) is 9.21 Å². The molecule has 0 radical (unpaired) electrons. The standard InChI is InChI=1S/C9H10ClNOS2/c10-8-2-1-7(14-8)9(12)11-3-5-13-6-4-11/h1-2H,3-6H2. The Morgan fingerprint density at radius 3 is 2.64 bits per heavy atom. The maximum atomic E-state index is 11.9. The van der Waals surface area contributed by atoms with E-state index in [-0.39, 0.29) is 5.91 Å². The number of nitrogens with zero attached hydrogens (tertiary/aromatic N) is 1. The molecule has 0 aromatic carbocycles. The predicted molar refractivity (Wildman–Crippen MR) is 62.6 cm³/mol. The molecule has 0 bridgehead atoms. The molecule has 76 valence electrons. The summed E-state index contributed by atoms with van der Waals surface area (Å²) in [5.74, 6) is 2.22. The number of carbonyl (C=O) groups is 1.